The van der Waals surface area contributed by atoms with Crippen molar-refractivity contribution in [2.45, 2.75) is 39.7 Å². The Kier molecular flexibility index (Phi) is 4.02. The molecule has 4 nitrogen and oxygen atoms in total. The number of aliphatic hydroxyl groups excluding tert-OH is 1. The van der Waals surface area contributed by atoms with Crippen molar-refractivity contribution in [2.75, 3.05) is 13.2 Å². The van der Waals surface area contributed by atoms with Crippen LogP contribution in [0.1, 0.15) is 40.1 Å². The molecular formula is C13H20N2O2S. The monoisotopic (exact) mass is 268 g/mol. The Balaban J connectivity index is 2.24. The Labute approximate surface area is 112 Å². The SMILES string of the molecule is Cc1nc(C)c(C(=O)N2CCCC(C)C2CO)s1. The minimum atomic E-state index is -0.0481. The smallest absolute Gasteiger partial charge is 0.266 e. The molecule has 0 aliphatic carbocycles. The summed E-state index contributed by atoms with van der Waals surface area (Å²) in [5.74, 6) is 0.394. The highest BCUT2D eigenvalue weighted by Crippen LogP contribution is 2.27. The molecule has 100 valence electrons. The molecule has 2 rings (SSSR count). The summed E-state index contributed by atoms with van der Waals surface area (Å²) in [7, 11) is 0. The average molecular weight is 268 g/mol. The van der Waals surface area contributed by atoms with Crippen LogP contribution in [-0.2, 0) is 0 Å². The molecule has 1 N–H and O–H groups in total. The molecule has 2 heterocycles. The Hall–Kier alpha value is -0.940. The Morgan fingerprint density at radius 3 is 2.83 bits per heavy atom. The van der Waals surface area contributed by atoms with E-state index in [1.807, 2.05) is 18.7 Å². The van der Waals surface area contributed by atoms with Crippen LogP contribution in [0.3, 0.4) is 0 Å². The zero-order chi connectivity index (χ0) is 13.3. The van der Waals surface area contributed by atoms with E-state index in [-0.39, 0.29) is 18.6 Å². The number of nitrogens with zero attached hydrogens (tertiary/aromatic N) is 2. The zero-order valence-corrected chi connectivity index (χ0v) is 12.0. The summed E-state index contributed by atoms with van der Waals surface area (Å²) in [5.41, 5.74) is 0.803. The van der Waals surface area contributed by atoms with Crippen LogP contribution < -0.4 is 0 Å². The first-order chi connectivity index (χ1) is 8.54. The van der Waals surface area contributed by atoms with E-state index in [9.17, 15) is 9.90 Å². The van der Waals surface area contributed by atoms with Crippen LogP contribution in [0.2, 0.25) is 0 Å². The minimum absolute atomic E-state index is 0.0312. The molecule has 0 bridgehead atoms. The van der Waals surface area contributed by atoms with Gasteiger partial charge in [0.1, 0.15) is 4.88 Å². The number of hydrogen-bond donors (Lipinski definition) is 1. The first kappa shape index (κ1) is 13.5. The van der Waals surface area contributed by atoms with Crippen LogP contribution in [0.25, 0.3) is 0 Å². The van der Waals surface area contributed by atoms with Gasteiger partial charge in [0.25, 0.3) is 5.91 Å². The normalized spacial score (nSPS) is 24.3. The predicted molar refractivity (Wildman–Crippen MR) is 71.9 cm³/mol. The standard InChI is InChI=1S/C13H20N2O2S/c1-8-5-4-6-15(11(8)7-16)13(17)12-9(2)14-10(3)18-12/h8,11,16H,4-7H2,1-3H3. The van der Waals surface area contributed by atoms with E-state index >= 15 is 0 Å². The molecule has 5 heteroatoms. The lowest BCUT2D eigenvalue weighted by Gasteiger charge is -2.38. The molecule has 1 aliphatic rings. The molecular weight excluding hydrogens is 248 g/mol. The first-order valence-electron chi connectivity index (χ1n) is 6.40. The van der Waals surface area contributed by atoms with E-state index in [0.29, 0.717) is 5.92 Å². The summed E-state index contributed by atoms with van der Waals surface area (Å²) >= 11 is 1.45. The van der Waals surface area contributed by atoms with Gasteiger partial charge in [0.05, 0.1) is 23.4 Å². The molecule has 0 aromatic carbocycles. The van der Waals surface area contributed by atoms with Crippen molar-refractivity contribution in [1.29, 1.82) is 0 Å². The van der Waals surface area contributed by atoms with Gasteiger partial charge in [-0.3, -0.25) is 4.79 Å². The van der Waals surface area contributed by atoms with Crippen molar-refractivity contribution < 1.29 is 9.90 Å². The lowest BCUT2D eigenvalue weighted by atomic mass is 9.91. The molecule has 1 fully saturated rings. The molecule has 1 amide bonds. The fourth-order valence-electron chi connectivity index (χ4n) is 2.64. The van der Waals surface area contributed by atoms with Crippen LogP contribution in [0.4, 0.5) is 0 Å². The molecule has 1 saturated heterocycles. The average Bonchev–Trinajstić information content (AvgIpc) is 2.67. The molecule has 18 heavy (non-hydrogen) atoms. The Morgan fingerprint density at radius 2 is 2.28 bits per heavy atom. The van der Waals surface area contributed by atoms with Crippen LogP contribution in [-0.4, -0.2) is 40.1 Å². The van der Waals surface area contributed by atoms with Crippen molar-refractivity contribution in [1.82, 2.24) is 9.88 Å². The van der Waals surface area contributed by atoms with Gasteiger partial charge in [-0.05, 0) is 32.6 Å². The van der Waals surface area contributed by atoms with Gasteiger partial charge in [0.2, 0.25) is 0 Å². The molecule has 1 aromatic heterocycles. The zero-order valence-electron chi connectivity index (χ0n) is 11.1. The number of carbonyl (C=O) groups excluding carboxylic acids is 1. The highest BCUT2D eigenvalue weighted by atomic mass is 32.1. The summed E-state index contributed by atoms with van der Waals surface area (Å²) in [6.07, 6.45) is 2.09. The molecule has 2 unspecified atom stereocenters. The number of likely N-dealkylation sites (tertiary alicyclic amines) is 1. The fraction of sp³-hybridized carbons (Fsp3) is 0.692. The van der Waals surface area contributed by atoms with E-state index in [0.717, 1.165) is 35.0 Å². The summed E-state index contributed by atoms with van der Waals surface area (Å²) in [6.45, 7) is 6.68. The maximum atomic E-state index is 12.5. The number of hydrogen-bond acceptors (Lipinski definition) is 4. The van der Waals surface area contributed by atoms with Crippen LogP contribution >= 0.6 is 11.3 Å². The molecule has 1 aromatic rings. The highest BCUT2D eigenvalue weighted by Gasteiger charge is 2.33. The maximum Gasteiger partial charge on any atom is 0.266 e. The third-order valence-corrected chi connectivity index (χ3v) is 4.72. The summed E-state index contributed by atoms with van der Waals surface area (Å²) in [4.78, 5) is 19.4. The van der Waals surface area contributed by atoms with Crippen molar-refractivity contribution in [2.24, 2.45) is 5.92 Å². The number of carbonyl (C=O) groups is 1. The third kappa shape index (κ3) is 2.42. The maximum absolute atomic E-state index is 12.5. The molecule has 1 aliphatic heterocycles. The van der Waals surface area contributed by atoms with Gasteiger partial charge < -0.3 is 10.0 Å². The highest BCUT2D eigenvalue weighted by molar-refractivity contribution is 7.13. The number of piperidine rings is 1. The second-order valence-electron chi connectivity index (χ2n) is 5.02. The van der Waals surface area contributed by atoms with Gasteiger partial charge in [0, 0.05) is 6.54 Å². The minimum Gasteiger partial charge on any atom is -0.394 e. The number of aromatic nitrogens is 1. The van der Waals surface area contributed by atoms with E-state index in [2.05, 4.69) is 11.9 Å². The van der Waals surface area contributed by atoms with Gasteiger partial charge in [0.15, 0.2) is 0 Å². The van der Waals surface area contributed by atoms with Crippen LogP contribution in [0, 0.1) is 19.8 Å². The molecule has 0 saturated carbocycles. The van der Waals surface area contributed by atoms with E-state index in [4.69, 9.17) is 0 Å². The van der Waals surface area contributed by atoms with Crippen molar-refractivity contribution in [3.8, 4) is 0 Å². The Morgan fingerprint density at radius 1 is 1.56 bits per heavy atom. The quantitative estimate of drug-likeness (QED) is 0.892. The number of aliphatic hydroxyl groups is 1. The number of thiazole rings is 1. The second-order valence-corrected chi connectivity index (χ2v) is 6.22. The number of amides is 1. The van der Waals surface area contributed by atoms with Crippen molar-refractivity contribution in [3.63, 3.8) is 0 Å². The predicted octanol–water partition coefficient (Wildman–Crippen LogP) is 1.99. The Bertz CT molecular complexity index is 444. The molecule has 2 atom stereocenters. The van der Waals surface area contributed by atoms with E-state index < -0.39 is 0 Å². The van der Waals surface area contributed by atoms with Crippen LogP contribution in [0.15, 0.2) is 0 Å². The van der Waals surface area contributed by atoms with Crippen molar-refractivity contribution in [3.05, 3.63) is 15.6 Å². The lowest BCUT2D eigenvalue weighted by molar-refractivity contribution is 0.0362. The van der Waals surface area contributed by atoms with Crippen LogP contribution in [0.5, 0.6) is 0 Å². The fourth-order valence-corrected chi connectivity index (χ4v) is 3.52. The number of aryl methyl sites for hydroxylation is 2. The summed E-state index contributed by atoms with van der Waals surface area (Å²) in [5, 5.41) is 10.4. The van der Waals surface area contributed by atoms with Gasteiger partial charge >= 0.3 is 0 Å². The first-order valence-corrected chi connectivity index (χ1v) is 7.22. The molecule has 0 spiro atoms. The topological polar surface area (TPSA) is 53.4 Å². The lowest BCUT2D eigenvalue weighted by Crippen LogP contribution is -2.49. The summed E-state index contributed by atoms with van der Waals surface area (Å²) in [6, 6.07) is -0.0481. The van der Waals surface area contributed by atoms with Gasteiger partial charge in [-0.15, -0.1) is 11.3 Å². The third-order valence-electron chi connectivity index (χ3n) is 3.66. The van der Waals surface area contributed by atoms with Gasteiger partial charge in [-0.2, -0.15) is 0 Å². The van der Waals surface area contributed by atoms with E-state index in [1.165, 1.54) is 11.3 Å². The largest absolute Gasteiger partial charge is 0.394 e. The second kappa shape index (κ2) is 5.36. The van der Waals surface area contributed by atoms with Gasteiger partial charge in [-0.25, -0.2) is 4.98 Å². The molecule has 0 radical (unpaired) electrons. The number of rotatable bonds is 2. The summed E-state index contributed by atoms with van der Waals surface area (Å²) < 4.78 is 0. The van der Waals surface area contributed by atoms with Crippen molar-refractivity contribution >= 4 is 17.2 Å². The van der Waals surface area contributed by atoms with Gasteiger partial charge in [-0.1, -0.05) is 6.92 Å². The van der Waals surface area contributed by atoms with E-state index in [1.54, 1.807) is 0 Å².